The first-order valence-electron chi connectivity index (χ1n) is 6.40. The van der Waals surface area contributed by atoms with Crippen molar-refractivity contribution in [1.82, 2.24) is 10.3 Å². The normalized spacial score (nSPS) is 10.5. The summed E-state index contributed by atoms with van der Waals surface area (Å²) in [6, 6.07) is 5.85. The Bertz CT molecular complexity index is 606. The molecule has 1 aromatic heterocycles. The van der Waals surface area contributed by atoms with Gasteiger partial charge in [-0.05, 0) is 24.6 Å². The Morgan fingerprint density at radius 2 is 2.15 bits per heavy atom. The average molecular weight is 294 g/mol. The van der Waals surface area contributed by atoms with Gasteiger partial charge in [-0.3, -0.25) is 4.79 Å². The van der Waals surface area contributed by atoms with Gasteiger partial charge in [-0.2, -0.15) is 0 Å². The number of methoxy groups -OCH3 is 1. The second-order valence-electron chi connectivity index (χ2n) is 4.20. The third-order valence-electron chi connectivity index (χ3n) is 2.74. The minimum absolute atomic E-state index is 0.0233. The minimum atomic E-state index is -0.0233. The zero-order valence-electron chi connectivity index (χ0n) is 11.6. The Hall–Kier alpha value is -1.79. The molecule has 2 aromatic rings. The molecule has 0 amide bonds. The molecule has 0 bridgehead atoms. The van der Waals surface area contributed by atoms with Gasteiger partial charge in [-0.15, -0.1) is 0 Å². The van der Waals surface area contributed by atoms with Crippen LogP contribution in [-0.2, 0) is 13.1 Å². The number of hydrogen-bond acceptors (Lipinski definition) is 5. The molecule has 20 heavy (non-hydrogen) atoms. The lowest BCUT2D eigenvalue weighted by Gasteiger charge is -2.11. The molecule has 0 radical (unpaired) electrons. The van der Waals surface area contributed by atoms with Crippen LogP contribution in [0.15, 0.2) is 28.4 Å². The summed E-state index contributed by atoms with van der Waals surface area (Å²) in [6.45, 7) is 3.87. The van der Waals surface area contributed by atoms with E-state index in [9.17, 15) is 4.79 Å². The van der Waals surface area contributed by atoms with Gasteiger partial charge >= 0.3 is 4.87 Å². The Morgan fingerprint density at radius 3 is 2.80 bits per heavy atom. The predicted octanol–water partition coefficient (Wildman–Crippen LogP) is 2.13. The molecule has 0 aliphatic heterocycles. The largest absolute Gasteiger partial charge is 0.493 e. The first-order chi connectivity index (χ1) is 9.72. The monoisotopic (exact) mass is 294 g/mol. The van der Waals surface area contributed by atoms with E-state index >= 15 is 0 Å². The van der Waals surface area contributed by atoms with Crippen molar-refractivity contribution < 1.29 is 9.47 Å². The highest BCUT2D eigenvalue weighted by Gasteiger charge is 2.05. The van der Waals surface area contributed by atoms with Crippen molar-refractivity contribution in [2.45, 2.75) is 20.0 Å². The molecule has 6 heteroatoms. The van der Waals surface area contributed by atoms with Crippen LogP contribution < -0.4 is 19.7 Å². The van der Waals surface area contributed by atoms with Gasteiger partial charge in [0, 0.05) is 24.2 Å². The molecule has 108 valence electrons. The Labute approximate surface area is 121 Å². The SMILES string of the molecule is CCOc1cc(CNCc2csc(=O)[nH]2)ccc1OC. The van der Waals surface area contributed by atoms with E-state index in [1.54, 1.807) is 7.11 Å². The molecule has 5 nitrogen and oxygen atoms in total. The smallest absolute Gasteiger partial charge is 0.304 e. The maximum absolute atomic E-state index is 11.0. The van der Waals surface area contributed by atoms with Crippen molar-refractivity contribution in [2.24, 2.45) is 0 Å². The third kappa shape index (κ3) is 3.85. The number of hydrogen-bond donors (Lipinski definition) is 2. The minimum Gasteiger partial charge on any atom is -0.493 e. The molecule has 2 N–H and O–H groups in total. The van der Waals surface area contributed by atoms with E-state index < -0.39 is 0 Å². The summed E-state index contributed by atoms with van der Waals surface area (Å²) in [5.41, 5.74) is 2.00. The lowest BCUT2D eigenvalue weighted by molar-refractivity contribution is 0.310. The molecule has 0 atom stereocenters. The van der Waals surface area contributed by atoms with Crippen LogP contribution in [0, 0.1) is 0 Å². The number of ether oxygens (including phenoxy) is 2. The molecule has 1 heterocycles. The highest BCUT2D eigenvalue weighted by atomic mass is 32.1. The van der Waals surface area contributed by atoms with E-state index in [0.717, 1.165) is 22.8 Å². The van der Waals surface area contributed by atoms with Gasteiger partial charge in [-0.25, -0.2) is 0 Å². The molecule has 0 saturated carbocycles. The van der Waals surface area contributed by atoms with Crippen molar-refractivity contribution in [3.8, 4) is 11.5 Å². The molecule has 1 aromatic carbocycles. The third-order valence-corrected chi connectivity index (χ3v) is 3.46. The molecular weight excluding hydrogens is 276 g/mol. The number of benzene rings is 1. The molecule has 2 rings (SSSR count). The van der Waals surface area contributed by atoms with Crippen LogP contribution in [0.3, 0.4) is 0 Å². The second kappa shape index (κ2) is 7.12. The molecule has 0 aliphatic rings. The maximum Gasteiger partial charge on any atom is 0.304 e. The van der Waals surface area contributed by atoms with E-state index in [0.29, 0.717) is 19.7 Å². The quantitative estimate of drug-likeness (QED) is 0.821. The van der Waals surface area contributed by atoms with Crippen molar-refractivity contribution >= 4 is 11.3 Å². The van der Waals surface area contributed by atoms with Crippen molar-refractivity contribution in [2.75, 3.05) is 13.7 Å². The Balaban J connectivity index is 1.95. The first kappa shape index (κ1) is 14.6. The van der Waals surface area contributed by atoms with E-state index in [1.807, 2.05) is 30.5 Å². The van der Waals surface area contributed by atoms with Gasteiger partial charge in [0.25, 0.3) is 0 Å². The summed E-state index contributed by atoms with van der Waals surface area (Å²) in [6.07, 6.45) is 0. The molecule has 0 fully saturated rings. The standard InChI is InChI=1S/C14H18N2O3S/c1-3-19-13-6-10(4-5-12(13)18-2)7-15-8-11-9-20-14(17)16-11/h4-6,9,15H,3,7-8H2,1-2H3,(H,16,17). The van der Waals surface area contributed by atoms with Crippen LogP contribution in [-0.4, -0.2) is 18.7 Å². The predicted molar refractivity (Wildman–Crippen MR) is 79.6 cm³/mol. The topological polar surface area (TPSA) is 63.3 Å². The fraction of sp³-hybridized carbons (Fsp3) is 0.357. The fourth-order valence-electron chi connectivity index (χ4n) is 1.84. The van der Waals surface area contributed by atoms with Crippen LogP contribution in [0.1, 0.15) is 18.2 Å². The summed E-state index contributed by atoms with van der Waals surface area (Å²) in [5, 5.41) is 5.11. The molecular formula is C14H18N2O3S. The summed E-state index contributed by atoms with van der Waals surface area (Å²) in [5.74, 6) is 1.48. The van der Waals surface area contributed by atoms with Gasteiger partial charge < -0.3 is 19.8 Å². The number of rotatable bonds is 7. The lowest BCUT2D eigenvalue weighted by atomic mass is 10.2. The van der Waals surface area contributed by atoms with Gasteiger partial charge in [0.05, 0.1) is 13.7 Å². The lowest BCUT2D eigenvalue weighted by Crippen LogP contribution is -2.14. The van der Waals surface area contributed by atoms with E-state index in [1.165, 1.54) is 11.3 Å². The zero-order valence-corrected chi connectivity index (χ0v) is 12.4. The number of aromatic amines is 1. The summed E-state index contributed by atoms with van der Waals surface area (Å²) >= 11 is 1.18. The summed E-state index contributed by atoms with van der Waals surface area (Å²) in [4.78, 5) is 13.8. The van der Waals surface area contributed by atoms with Crippen LogP contribution in [0.25, 0.3) is 0 Å². The van der Waals surface area contributed by atoms with Gasteiger partial charge in [0.1, 0.15) is 0 Å². The van der Waals surface area contributed by atoms with E-state index in [-0.39, 0.29) is 4.87 Å². The van der Waals surface area contributed by atoms with Crippen molar-refractivity contribution in [1.29, 1.82) is 0 Å². The van der Waals surface area contributed by atoms with E-state index in [2.05, 4.69) is 10.3 Å². The van der Waals surface area contributed by atoms with Crippen LogP contribution in [0.2, 0.25) is 0 Å². The highest BCUT2D eigenvalue weighted by molar-refractivity contribution is 7.07. The van der Waals surface area contributed by atoms with Crippen LogP contribution in [0.4, 0.5) is 0 Å². The zero-order chi connectivity index (χ0) is 14.4. The van der Waals surface area contributed by atoms with Crippen molar-refractivity contribution in [3.05, 3.63) is 44.5 Å². The van der Waals surface area contributed by atoms with Gasteiger partial charge in [0.2, 0.25) is 0 Å². The van der Waals surface area contributed by atoms with Gasteiger partial charge in [0.15, 0.2) is 11.5 Å². The number of H-pyrrole nitrogens is 1. The number of nitrogens with one attached hydrogen (secondary N) is 2. The Morgan fingerprint density at radius 1 is 1.30 bits per heavy atom. The molecule has 0 spiro atoms. The van der Waals surface area contributed by atoms with Crippen LogP contribution >= 0.6 is 11.3 Å². The van der Waals surface area contributed by atoms with Crippen LogP contribution in [0.5, 0.6) is 11.5 Å². The highest BCUT2D eigenvalue weighted by Crippen LogP contribution is 2.27. The number of aromatic nitrogens is 1. The van der Waals surface area contributed by atoms with E-state index in [4.69, 9.17) is 9.47 Å². The summed E-state index contributed by atoms with van der Waals surface area (Å²) in [7, 11) is 1.63. The van der Waals surface area contributed by atoms with Crippen molar-refractivity contribution in [3.63, 3.8) is 0 Å². The number of thiazole rings is 1. The Kier molecular flexibility index (Phi) is 5.20. The van der Waals surface area contributed by atoms with Gasteiger partial charge in [-0.1, -0.05) is 17.4 Å². The molecule has 0 saturated heterocycles. The second-order valence-corrected chi connectivity index (χ2v) is 5.04. The molecule has 0 unspecified atom stereocenters. The average Bonchev–Trinajstić information content (AvgIpc) is 2.85. The fourth-order valence-corrected chi connectivity index (χ4v) is 2.42. The maximum atomic E-state index is 11.0. The summed E-state index contributed by atoms with van der Waals surface area (Å²) < 4.78 is 10.8. The molecule has 0 aliphatic carbocycles. The first-order valence-corrected chi connectivity index (χ1v) is 7.28.